The van der Waals surface area contributed by atoms with Crippen molar-refractivity contribution in [1.82, 2.24) is 5.32 Å². The van der Waals surface area contributed by atoms with Crippen molar-refractivity contribution in [3.05, 3.63) is 0 Å². The summed E-state index contributed by atoms with van der Waals surface area (Å²) in [6, 6.07) is -0.910. The van der Waals surface area contributed by atoms with Gasteiger partial charge in [-0.2, -0.15) is 0 Å². The number of carbonyl (C=O) groups is 3. The lowest BCUT2D eigenvalue weighted by molar-refractivity contribution is -0.148. The third-order valence-corrected chi connectivity index (χ3v) is 2.23. The molecule has 0 aliphatic heterocycles. The third-order valence-electron chi connectivity index (χ3n) is 2.23. The molecule has 3 N–H and O–H groups in total. The van der Waals surface area contributed by atoms with Gasteiger partial charge in [0.05, 0.1) is 12.5 Å². The molecule has 18 heavy (non-hydrogen) atoms. The van der Waals surface area contributed by atoms with Crippen LogP contribution in [-0.4, -0.2) is 44.1 Å². The van der Waals surface area contributed by atoms with Crippen LogP contribution in [0.25, 0.3) is 0 Å². The number of primary amides is 1. The predicted molar refractivity (Wildman–Crippen MR) is 63.4 cm³/mol. The van der Waals surface area contributed by atoms with Crippen molar-refractivity contribution in [2.75, 3.05) is 20.3 Å². The van der Waals surface area contributed by atoms with Gasteiger partial charge in [0, 0.05) is 7.11 Å². The second-order valence-electron chi connectivity index (χ2n) is 3.84. The van der Waals surface area contributed by atoms with E-state index in [1.54, 1.807) is 13.8 Å². The molecule has 0 rings (SSSR count). The first kappa shape index (κ1) is 16.4. The van der Waals surface area contributed by atoms with Crippen LogP contribution in [0.5, 0.6) is 0 Å². The molecule has 2 amide bonds. The fourth-order valence-electron chi connectivity index (χ4n) is 1.35. The first-order valence-electron chi connectivity index (χ1n) is 5.66. The summed E-state index contributed by atoms with van der Waals surface area (Å²) in [4.78, 5) is 33.8. The molecule has 0 heterocycles. The molecule has 0 saturated heterocycles. The van der Waals surface area contributed by atoms with Crippen molar-refractivity contribution in [3.8, 4) is 0 Å². The molecular formula is C11H20N2O5. The Morgan fingerprint density at radius 2 is 1.94 bits per heavy atom. The number of nitrogens with one attached hydrogen (secondary N) is 1. The molecule has 0 fully saturated rings. The second-order valence-corrected chi connectivity index (χ2v) is 3.84. The third kappa shape index (κ3) is 6.19. The summed E-state index contributed by atoms with van der Waals surface area (Å²) in [6.45, 7) is 3.39. The monoisotopic (exact) mass is 260 g/mol. The van der Waals surface area contributed by atoms with Gasteiger partial charge >= 0.3 is 5.97 Å². The smallest absolute Gasteiger partial charge is 0.308 e. The lowest BCUT2D eigenvalue weighted by Crippen LogP contribution is -2.47. The maximum Gasteiger partial charge on any atom is 0.308 e. The summed E-state index contributed by atoms with van der Waals surface area (Å²) in [5, 5.41) is 2.40. The molecule has 7 nitrogen and oxygen atoms in total. The Bertz CT molecular complexity index is 306. The zero-order chi connectivity index (χ0) is 14.1. The van der Waals surface area contributed by atoms with Crippen LogP contribution in [0.3, 0.4) is 0 Å². The highest BCUT2D eigenvalue weighted by Crippen LogP contribution is 2.08. The fraction of sp³-hybridized carbons (Fsp3) is 0.727. The predicted octanol–water partition coefficient (Wildman–Crippen LogP) is -0.808. The van der Waals surface area contributed by atoms with Gasteiger partial charge in [-0.3, -0.25) is 14.4 Å². The Morgan fingerprint density at radius 1 is 1.33 bits per heavy atom. The molecule has 0 spiro atoms. The minimum Gasteiger partial charge on any atom is -0.466 e. The maximum atomic E-state index is 11.4. The average molecular weight is 260 g/mol. The van der Waals surface area contributed by atoms with Crippen LogP contribution < -0.4 is 11.1 Å². The van der Waals surface area contributed by atoms with Crippen LogP contribution in [0.15, 0.2) is 0 Å². The number of rotatable bonds is 8. The average Bonchev–Trinajstić information content (AvgIpc) is 2.28. The van der Waals surface area contributed by atoms with Gasteiger partial charge in [0.15, 0.2) is 0 Å². The SMILES string of the molecule is CCOC(=O)[C@H](C)C[C@H](NC(=O)COC)C(N)=O. The lowest BCUT2D eigenvalue weighted by atomic mass is 10.0. The Balaban J connectivity index is 4.40. The highest BCUT2D eigenvalue weighted by molar-refractivity contribution is 5.87. The van der Waals surface area contributed by atoms with Crippen LogP contribution in [0.2, 0.25) is 0 Å². The zero-order valence-corrected chi connectivity index (χ0v) is 10.9. The molecule has 0 aliphatic carbocycles. The molecule has 7 heteroatoms. The maximum absolute atomic E-state index is 11.4. The fourth-order valence-corrected chi connectivity index (χ4v) is 1.35. The van der Waals surface area contributed by atoms with E-state index in [0.29, 0.717) is 0 Å². The van der Waals surface area contributed by atoms with Crippen molar-refractivity contribution in [2.24, 2.45) is 11.7 Å². The number of methoxy groups -OCH3 is 1. The molecule has 0 unspecified atom stereocenters. The van der Waals surface area contributed by atoms with Crippen LogP contribution >= 0.6 is 0 Å². The van der Waals surface area contributed by atoms with E-state index in [1.165, 1.54) is 7.11 Å². The highest BCUT2D eigenvalue weighted by atomic mass is 16.5. The number of hydrogen-bond donors (Lipinski definition) is 2. The van der Waals surface area contributed by atoms with Gasteiger partial charge < -0.3 is 20.5 Å². The summed E-state index contributed by atoms with van der Waals surface area (Å²) in [5.41, 5.74) is 5.16. The van der Waals surface area contributed by atoms with Gasteiger partial charge in [0.25, 0.3) is 0 Å². The lowest BCUT2D eigenvalue weighted by Gasteiger charge is -2.18. The van der Waals surface area contributed by atoms with E-state index < -0.39 is 29.7 Å². The summed E-state index contributed by atoms with van der Waals surface area (Å²) >= 11 is 0. The van der Waals surface area contributed by atoms with Crippen LogP contribution in [-0.2, 0) is 23.9 Å². The summed E-state index contributed by atoms with van der Waals surface area (Å²) in [5.74, 6) is -2.11. The molecule has 2 atom stereocenters. The van der Waals surface area contributed by atoms with E-state index >= 15 is 0 Å². The summed E-state index contributed by atoms with van der Waals surface area (Å²) in [7, 11) is 1.36. The van der Waals surface area contributed by atoms with E-state index in [-0.39, 0.29) is 19.6 Å². The van der Waals surface area contributed by atoms with Gasteiger partial charge in [0.1, 0.15) is 12.6 Å². The first-order valence-corrected chi connectivity index (χ1v) is 5.66. The summed E-state index contributed by atoms with van der Waals surface area (Å²) in [6.07, 6.45) is 0.101. The molecule has 104 valence electrons. The molecule has 0 aromatic rings. The zero-order valence-electron chi connectivity index (χ0n) is 10.9. The van der Waals surface area contributed by atoms with Gasteiger partial charge in [-0.25, -0.2) is 0 Å². The summed E-state index contributed by atoms with van der Waals surface area (Å²) < 4.78 is 9.43. The Labute approximate surface area is 106 Å². The largest absolute Gasteiger partial charge is 0.466 e. The normalized spacial score (nSPS) is 13.5. The van der Waals surface area contributed by atoms with E-state index in [0.717, 1.165) is 0 Å². The molecule has 0 aromatic carbocycles. The van der Waals surface area contributed by atoms with E-state index in [1.807, 2.05) is 0 Å². The second kappa shape index (κ2) is 8.46. The van der Waals surface area contributed by atoms with Crippen molar-refractivity contribution in [3.63, 3.8) is 0 Å². The van der Waals surface area contributed by atoms with Crippen molar-refractivity contribution in [1.29, 1.82) is 0 Å². The van der Waals surface area contributed by atoms with E-state index in [9.17, 15) is 14.4 Å². The standard InChI is InChI=1S/C11H20N2O5/c1-4-18-11(16)7(2)5-8(10(12)15)13-9(14)6-17-3/h7-8H,4-6H2,1-3H3,(H2,12,15)(H,13,14)/t7-,8+/m1/s1. The van der Waals surface area contributed by atoms with Gasteiger partial charge in [0.2, 0.25) is 11.8 Å². The topological polar surface area (TPSA) is 108 Å². The molecule has 0 bridgehead atoms. The minimum absolute atomic E-state index is 0.101. The molecule has 0 aliphatic rings. The molecular weight excluding hydrogens is 240 g/mol. The van der Waals surface area contributed by atoms with Gasteiger partial charge in [-0.15, -0.1) is 0 Å². The molecule has 0 radical (unpaired) electrons. The van der Waals surface area contributed by atoms with Crippen molar-refractivity contribution >= 4 is 17.8 Å². The number of ether oxygens (including phenoxy) is 2. The van der Waals surface area contributed by atoms with Crippen LogP contribution in [0, 0.1) is 5.92 Å². The van der Waals surface area contributed by atoms with Crippen LogP contribution in [0.4, 0.5) is 0 Å². The highest BCUT2D eigenvalue weighted by Gasteiger charge is 2.24. The van der Waals surface area contributed by atoms with E-state index in [2.05, 4.69) is 10.1 Å². The van der Waals surface area contributed by atoms with Crippen molar-refractivity contribution in [2.45, 2.75) is 26.3 Å². The Morgan fingerprint density at radius 3 is 2.39 bits per heavy atom. The number of carbonyl (C=O) groups excluding carboxylic acids is 3. The first-order chi connectivity index (χ1) is 8.42. The van der Waals surface area contributed by atoms with Crippen molar-refractivity contribution < 1.29 is 23.9 Å². The van der Waals surface area contributed by atoms with Gasteiger partial charge in [-0.1, -0.05) is 6.92 Å². The van der Waals surface area contributed by atoms with Crippen LogP contribution in [0.1, 0.15) is 20.3 Å². The van der Waals surface area contributed by atoms with Gasteiger partial charge in [-0.05, 0) is 13.3 Å². The number of hydrogen-bond acceptors (Lipinski definition) is 5. The molecule has 0 saturated carbocycles. The molecule has 0 aromatic heterocycles. The van der Waals surface area contributed by atoms with E-state index in [4.69, 9.17) is 10.5 Å². The Hall–Kier alpha value is -1.63. The number of esters is 1. The number of amides is 2. The quantitative estimate of drug-likeness (QED) is 0.555. The number of nitrogens with two attached hydrogens (primary N) is 1. The Kier molecular flexibility index (Phi) is 7.69. The minimum atomic E-state index is -0.910.